The lowest BCUT2D eigenvalue weighted by Crippen LogP contribution is -2.22. The van der Waals surface area contributed by atoms with Gasteiger partial charge in [-0.3, -0.25) is 4.98 Å². The fourth-order valence-electron chi connectivity index (χ4n) is 4.37. The van der Waals surface area contributed by atoms with Gasteiger partial charge in [-0.1, -0.05) is 60.7 Å². The molecule has 5 aromatic rings. The monoisotopic (exact) mass is 450 g/mol. The minimum atomic E-state index is 0.643. The largest absolute Gasteiger partial charge is 0.363 e. The van der Waals surface area contributed by atoms with Crippen LogP contribution in [0.15, 0.2) is 109 Å². The molecule has 4 nitrogen and oxygen atoms in total. The molecule has 1 heterocycles. The lowest BCUT2D eigenvalue weighted by Gasteiger charge is -2.26. The van der Waals surface area contributed by atoms with Gasteiger partial charge in [-0.05, 0) is 63.9 Å². The van der Waals surface area contributed by atoms with Crippen molar-refractivity contribution >= 4 is 16.5 Å². The van der Waals surface area contributed by atoms with Crippen molar-refractivity contribution in [2.75, 3.05) is 4.90 Å². The fourth-order valence-corrected chi connectivity index (χ4v) is 4.37. The molecule has 5 rings (SSSR count). The Labute approximate surface area is 205 Å². The molecular weight excluding hydrogens is 428 g/mol. The van der Waals surface area contributed by atoms with Crippen molar-refractivity contribution in [2.24, 2.45) is 0 Å². The minimum absolute atomic E-state index is 0.643. The third-order valence-corrected chi connectivity index (χ3v) is 6.12. The molecule has 0 unspecified atom stereocenters. The van der Waals surface area contributed by atoms with Crippen LogP contribution in [-0.2, 0) is 13.1 Å². The van der Waals surface area contributed by atoms with E-state index in [1.807, 2.05) is 66.9 Å². The SMILES string of the molecule is N#Cc1ccc(CN(Cc2cccnc2)c2ccc(C#N)c(-c3cccc4ccccc34)c2)cc1. The van der Waals surface area contributed by atoms with Crippen LogP contribution in [0.3, 0.4) is 0 Å². The normalized spacial score (nSPS) is 10.5. The van der Waals surface area contributed by atoms with Crippen LogP contribution in [-0.4, -0.2) is 4.98 Å². The maximum Gasteiger partial charge on any atom is 0.0998 e. The fraction of sp³-hybridized carbons (Fsp3) is 0.0645. The average Bonchev–Trinajstić information content (AvgIpc) is 2.93. The molecule has 0 fully saturated rings. The molecule has 0 saturated carbocycles. The molecular formula is C31H22N4. The van der Waals surface area contributed by atoms with Crippen molar-refractivity contribution in [3.05, 3.63) is 132 Å². The van der Waals surface area contributed by atoms with Gasteiger partial charge in [0, 0.05) is 36.7 Å². The summed E-state index contributed by atoms with van der Waals surface area (Å²) < 4.78 is 0. The van der Waals surface area contributed by atoms with Crippen molar-refractivity contribution in [3.8, 4) is 23.3 Å². The summed E-state index contributed by atoms with van der Waals surface area (Å²) in [5, 5.41) is 21.3. The van der Waals surface area contributed by atoms with Gasteiger partial charge in [-0.2, -0.15) is 10.5 Å². The van der Waals surface area contributed by atoms with Crippen LogP contribution < -0.4 is 4.90 Å². The summed E-state index contributed by atoms with van der Waals surface area (Å²) in [5.74, 6) is 0. The number of hydrogen-bond donors (Lipinski definition) is 0. The van der Waals surface area contributed by atoms with Crippen LogP contribution in [0.1, 0.15) is 22.3 Å². The molecule has 0 saturated heterocycles. The predicted octanol–water partition coefficient (Wildman–Crippen LogP) is 6.85. The summed E-state index contributed by atoms with van der Waals surface area (Å²) in [5.41, 5.74) is 6.45. The molecule has 1 aromatic heterocycles. The molecule has 0 aliphatic carbocycles. The van der Waals surface area contributed by atoms with Gasteiger partial charge < -0.3 is 4.90 Å². The van der Waals surface area contributed by atoms with Crippen LogP contribution in [0, 0.1) is 22.7 Å². The van der Waals surface area contributed by atoms with Gasteiger partial charge >= 0.3 is 0 Å². The van der Waals surface area contributed by atoms with E-state index >= 15 is 0 Å². The number of hydrogen-bond acceptors (Lipinski definition) is 4. The molecule has 0 amide bonds. The second kappa shape index (κ2) is 9.91. The maximum absolute atomic E-state index is 9.90. The molecule has 0 aliphatic rings. The lowest BCUT2D eigenvalue weighted by atomic mass is 9.94. The van der Waals surface area contributed by atoms with Gasteiger partial charge in [-0.25, -0.2) is 0 Å². The van der Waals surface area contributed by atoms with Crippen molar-refractivity contribution < 1.29 is 0 Å². The summed E-state index contributed by atoms with van der Waals surface area (Å²) in [6, 6.07) is 36.7. The molecule has 4 aromatic carbocycles. The zero-order chi connectivity index (χ0) is 24.0. The number of anilines is 1. The van der Waals surface area contributed by atoms with Crippen LogP contribution in [0.25, 0.3) is 21.9 Å². The maximum atomic E-state index is 9.90. The molecule has 0 spiro atoms. The van der Waals surface area contributed by atoms with E-state index < -0.39 is 0 Å². The first kappa shape index (κ1) is 21.9. The third-order valence-electron chi connectivity index (χ3n) is 6.12. The van der Waals surface area contributed by atoms with E-state index in [1.165, 1.54) is 0 Å². The number of pyridine rings is 1. The molecule has 35 heavy (non-hydrogen) atoms. The Hall–Kier alpha value is -4.93. The summed E-state index contributed by atoms with van der Waals surface area (Å²) in [4.78, 5) is 6.55. The van der Waals surface area contributed by atoms with Gasteiger partial charge in [0.05, 0.1) is 23.3 Å². The smallest absolute Gasteiger partial charge is 0.0998 e. The van der Waals surface area contributed by atoms with E-state index in [0.717, 1.165) is 38.7 Å². The topological polar surface area (TPSA) is 63.7 Å². The second-order valence-electron chi connectivity index (χ2n) is 8.39. The Morgan fingerprint density at radius 3 is 2.26 bits per heavy atom. The molecule has 0 radical (unpaired) electrons. The zero-order valence-electron chi connectivity index (χ0n) is 19.1. The predicted molar refractivity (Wildman–Crippen MR) is 139 cm³/mol. The Morgan fingerprint density at radius 2 is 1.49 bits per heavy atom. The highest BCUT2D eigenvalue weighted by Gasteiger charge is 2.14. The Bertz CT molecular complexity index is 1550. The van der Waals surface area contributed by atoms with E-state index in [0.29, 0.717) is 24.2 Å². The van der Waals surface area contributed by atoms with Crippen LogP contribution >= 0.6 is 0 Å². The van der Waals surface area contributed by atoms with E-state index in [2.05, 4.69) is 58.4 Å². The van der Waals surface area contributed by atoms with E-state index in [4.69, 9.17) is 5.26 Å². The summed E-state index contributed by atoms with van der Waals surface area (Å²) in [7, 11) is 0. The van der Waals surface area contributed by atoms with Crippen LogP contribution in [0.5, 0.6) is 0 Å². The Morgan fingerprint density at radius 1 is 0.686 bits per heavy atom. The summed E-state index contributed by atoms with van der Waals surface area (Å²) >= 11 is 0. The number of rotatable bonds is 6. The Kier molecular flexibility index (Phi) is 6.20. The average molecular weight is 451 g/mol. The molecule has 0 N–H and O–H groups in total. The van der Waals surface area contributed by atoms with E-state index in [9.17, 15) is 5.26 Å². The van der Waals surface area contributed by atoms with Gasteiger partial charge in [0.25, 0.3) is 0 Å². The highest BCUT2D eigenvalue weighted by Crippen LogP contribution is 2.34. The van der Waals surface area contributed by atoms with Crippen molar-refractivity contribution in [2.45, 2.75) is 13.1 Å². The highest BCUT2D eigenvalue weighted by molar-refractivity contribution is 5.98. The van der Waals surface area contributed by atoms with Gasteiger partial charge in [0.2, 0.25) is 0 Å². The van der Waals surface area contributed by atoms with Crippen molar-refractivity contribution in [1.29, 1.82) is 10.5 Å². The lowest BCUT2D eigenvalue weighted by molar-refractivity contribution is 0.797. The first-order valence-electron chi connectivity index (χ1n) is 11.4. The number of aromatic nitrogens is 1. The van der Waals surface area contributed by atoms with Crippen LogP contribution in [0.4, 0.5) is 5.69 Å². The first-order valence-corrected chi connectivity index (χ1v) is 11.4. The van der Waals surface area contributed by atoms with E-state index in [1.54, 1.807) is 6.20 Å². The summed E-state index contributed by atoms with van der Waals surface area (Å²) in [6.45, 7) is 1.32. The minimum Gasteiger partial charge on any atom is -0.363 e. The van der Waals surface area contributed by atoms with Crippen molar-refractivity contribution in [1.82, 2.24) is 4.98 Å². The van der Waals surface area contributed by atoms with E-state index in [-0.39, 0.29) is 0 Å². The second-order valence-corrected chi connectivity index (χ2v) is 8.39. The Balaban J connectivity index is 1.60. The molecule has 0 bridgehead atoms. The highest BCUT2D eigenvalue weighted by atomic mass is 15.1. The van der Waals surface area contributed by atoms with Gasteiger partial charge in [0.1, 0.15) is 0 Å². The van der Waals surface area contributed by atoms with Crippen LogP contribution in [0.2, 0.25) is 0 Å². The molecule has 166 valence electrons. The number of nitriles is 2. The zero-order valence-corrected chi connectivity index (χ0v) is 19.1. The quantitative estimate of drug-likeness (QED) is 0.284. The third kappa shape index (κ3) is 4.74. The number of nitrogens with zero attached hydrogens (tertiary/aromatic N) is 4. The molecule has 0 atom stereocenters. The van der Waals surface area contributed by atoms with Gasteiger partial charge in [0.15, 0.2) is 0 Å². The number of benzene rings is 4. The van der Waals surface area contributed by atoms with Gasteiger partial charge in [-0.15, -0.1) is 0 Å². The standard InChI is InChI=1S/C31H22N4/c32-18-23-10-12-24(13-11-23)21-35(22-25-5-4-16-34-20-25)28-15-14-27(19-33)31(17-28)30-9-3-7-26-6-1-2-8-29(26)30/h1-17,20H,21-22H2. The van der Waals surface area contributed by atoms with Crippen molar-refractivity contribution in [3.63, 3.8) is 0 Å². The molecule has 4 heteroatoms. The summed E-state index contributed by atoms with van der Waals surface area (Å²) in [6.07, 6.45) is 3.65. The number of fused-ring (bicyclic) bond motifs is 1. The first-order chi connectivity index (χ1) is 17.2. The molecule has 0 aliphatic heterocycles.